The lowest BCUT2D eigenvalue weighted by molar-refractivity contribution is 1.16. The molecule has 0 amide bonds. The number of rotatable bonds is 1. The third-order valence-electron chi connectivity index (χ3n) is 2.61. The monoisotopic (exact) mass is 198 g/mol. The third kappa shape index (κ3) is 2.82. The van der Waals surface area contributed by atoms with Crippen LogP contribution in [-0.4, -0.2) is 0 Å². The van der Waals surface area contributed by atoms with Crippen molar-refractivity contribution in [1.29, 1.82) is 0 Å². The number of hydrogen-bond acceptors (Lipinski definition) is 0. The van der Waals surface area contributed by atoms with E-state index in [9.17, 15) is 0 Å². The van der Waals surface area contributed by atoms with E-state index < -0.39 is 0 Å². The van der Waals surface area contributed by atoms with E-state index in [2.05, 4.69) is 49.4 Å². The zero-order valence-electron chi connectivity index (χ0n) is 9.37. The summed E-state index contributed by atoms with van der Waals surface area (Å²) in [6, 6.07) is 15.0. The number of hydrogen-bond donors (Lipinski definition) is 0. The van der Waals surface area contributed by atoms with Crippen molar-refractivity contribution in [1.82, 2.24) is 0 Å². The molecule has 0 unspecified atom stereocenters. The van der Waals surface area contributed by atoms with Crippen molar-refractivity contribution in [3.05, 3.63) is 48.0 Å². The van der Waals surface area contributed by atoms with E-state index in [4.69, 9.17) is 0 Å². The Morgan fingerprint density at radius 3 is 2.20 bits per heavy atom. The second-order valence-corrected chi connectivity index (χ2v) is 4.05. The molecule has 0 saturated heterocycles. The van der Waals surface area contributed by atoms with Crippen LogP contribution in [0, 0.1) is 0 Å². The fourth-order valence-corrected chi connectivity index (χ4v) is 1.60. The molecule has 0 nitrogen and oxygen atoms in total. The maximum absolute atomic E-state index is 2.20. The average Bonchev–Trinajstić information content (AvgIpc) is 3.16. The summed E-state index contributed by atoms with van der Waals surface area (Å²) >= 11 is 0. The number of fused-ring (bicyclic) bond motifs is 1. The van der Waals surface area contributed by atoms with Crippen molar-refractivity contribution in [2.75, 3.05) is 0 Å². The van der Waals surface area contributed by atoms with Crippen LogP contribution >= 0.6 is 0 Å². The zero-order chi connectivity index (χ0) is 10.5. The van der Waals surface area contributed by atoms with Gasteiger partial charge in [0.15, 0.2) is 0 Å². The minimum atomic E-state index is 1.11. The van der Waals surface area contributed by atoms with E-state index in [1.165, 1.54) is 35.6 Å². The van der Waals surface area contributed by atoms with Gasteiger partial charge in [0.2, 0.25) is 0 Å². The molecule has 0 aromatic heterocycles. The maximum atomic E-state index is 2.20. The molecule has 0 aliphatic heterocycles. The molecule has 15 heavy (non-hydrogen) atoms. The van der Waals surface area contributed by atoms with Gasteiger partial charge in [-0.15, -0.1) is 0 Å². The van der Waals surface area contributed by atoms with Gasteiger partial charge < -0.3 is 0 Å². The Bertz CT molecular complexity index is 419. The molecule has 1 fully saturated rings. The van der Waals surface area contributed by atoms with Crippen LogP contribution in [-0.2, 0) is 6.42 Å². The van der Waals surface area contributed by atoms with Crippen molar-refractivity contribution in [2.45, 2.75) is 32.6 Å². The molecule has 1 aliphatic carbocycles. The highest BCUT2D eigenvalue weighted by Crippen LogP contribution is 2.18. The Hall–Kier alpha value is -1.30. The second-order valence-electron chi connectivity index (χ2n) is 4.05. The van der Waals surface area contributed by atoms with Crippen molar-refractivity contribution in [2.24, 2.45) is 0 Å². The van der Waals surface area contributed by atoms with Gasteiger partial charge in [0, 0.05) is 0 Å². The lowest BCUT2D eigenvalue weighted by Gasteiger charge is -2.02. The van der Waals surface area contributed by atoms with Crippen LogP contribution in [0.25, 0.3) is 10.8 Å². The van der Waals surface area contributed by atoms with Gasteiger partial charge in [0.1, 0.15) is 0 Å². The van der Waals surface area contributed by atoms with Crippen molar-refractivity contribution >= 4 is 10.8 Å². The molecule has 1 saturated carbocycles. The summed E-state index contributed by atoms with van der Waals surface area (Å²) in [5.74, 6) is 0. The predicted octanol–water partition coefficient (Wildman–Crippen LogP) is 4.57. The molecule has 0 heterocycles. The molecular weight excluding hydrogens is 180 g/mol. The molecule has 2 aromatic carbocycles. The number of aryl methyl sites for hydroxylation is 1. The van der Waals surface area contributed by atoms with Crippen molar-refractivity contribution in [3.8, 4) is 0 Å². The summed E-state index contributed by atoms with van der Waals surface area (Å²) < 4.78 is 0. The van der Waals surface area contributed by atoms with Gasteiger partial charge >= 0.3 is 0 Å². The first kappa shape index (κ1) is 10.2. The van der Waals surface area contributed by atoms with E-state index in [1.807, 2.05) is 0 Å². The van der Waals surface area contributed by atoms with Gasteiger partial charge in [0.05, 0.1) is 0 Å². The van der Waals surface area contributed by atoms with Crippen LogP contribution in [0.1, 0.15) is 31.7 Å². The highest BCUT2D eigenvalue weighted by atomic mass is 14.0. The Labute approximate surface area is 91.9 Å². The minimum Gasteiger partial charge on any atom is -0.0616 e. The molecule has 78 valence electrons. The topological polar surface area (TPSA) is 0 Å². The van der Waals surface area contributed by atoms with E-state index in [0.717, 1.165) is 6.42 Å². The standard InChI is InChI=1S/C12H12.C3H6/c1-2-10-7-5-8-11-6-3-4-9-12(10)11;1-2-3-1/h3-9H,2H2,1H3;1-3H2. The van der Waals surface area contributed by atoms with Crippen molar-refractivity contribution in [3.63, 3.8) is 0 Å². The van der Waals surface area contributed by atoms with Gasteiger partial charge in [-0.05, 0) is 22.8 Å². The number of benzene rings is 2. The smallest absolute Gasteiger partial charge is 0.0152 e. The lowest BCUT2D eigenvalue weighted by Crippen LogP contribution is -1.81. The van der Waals surface area contributed by atoms with Gasteiger partial charge in [-0.2, -0.15) is 0 Å². The average molecular weight is 198 g/mol. The molecule has 0 radical (unpaired) electrons. The Balaban J connectivity index is 0.000000244. The van der Waals surface area contributed by atoms with E-state index >= 15 is 0 Å². The second kappa shape index (κ2) is 4.97. The zero-order valence-corrected chi connectivity index (χ0v) is 9.37. The van der Waals surface area contributed by atoms with Crippen LogP contribution in [0.15, 0.2) is 42.5 Å². The molecule has 2 aromatic rings. The summed E-state index contributed by atoms with van der Waals surface area (Å²) in [5, 5.41) is 2.74. The largest absolute Gasteiger partial charge is 0.0616 e. The highest BCUT2D eigenvalue weighted by molar-refractivity contribution is 5.85. The van der Waals surface area contributed by atoms with E-state index in [0.29, 0.717) is 0 Å². The van der Waals surface area contributed by atoms with E-state index in [-0.39, 0.29) is 0 Å². The first-order valence-corrected chi connectivity index (χ1v) is 5.88. The van der Waals surface area contributed by atoms with Crippen LogP contribution in [0.2, 0.25) is 0 Å². The first-order valence-electron chi connectivity index (χ1n) is 5.88. The summed E-state index contributed by atoms with van der Waals surface area (Å²) in [6.45, 7) is 2.20. The fourth-order valence-electron chi connectivity index (χ4n) is 1.60. The summed E-state index contributed by atoms with van der Waals surface area (Å²) in [7, 11) is 0. The summed E-state index contributed by atoms with van der Waals surface area (Å²) in [4.78, 5) is 0. The predicted molar refractivity (Wildman–Crippen MR) is 67.2 cm³/mol. The van der Waals surface area contributed by atoms with Gasteiger partial charge in [0.25, 0.3) is 0 Å². The SMILES string of the molecule is C1CC1.CCc1cccc2ccccc12. The first-order chi connectivity index (χ1) is 7.42. The summed E-state index contributed by atoms with van der Waals surface area (Å²) in [5.41, 5.74) is 1.44. The molecular formula is C15H18. The molecule has 3 rings (SSSR count). The molecule has 0 heteroatoms. The van der Waals surface area contributed by atoms with Crippen LogP contribution in [0.5, 0.6) is 0 Å². The van der Waals surface area contributed by atoms with Crippen LogP contribution < -0.4 is 0 Å². The van der Waals surface area contributed by atoms with Gasteiger partial charge in [-0.25, -0.2) is 0 Å². The summed E-state index contributed by atoms with van der Waals surface area (Å²) in [6.07, 6.45) is 5.61. The molecule has 0 bridgehead atoms. The molecule has 1 aliphatic rings. The van der Waals surface area contributed by atoms with Crippen molar-refractivity contribution < 1.29 is 0 Å². The molecule has 0 atom stereocenters. The van der Waals surface area contributed by atoms with E-state index in [1.54, 1.807) is 0 Å². The highest BCUT2D eigenvalue weighted by Gasteiger charge is 1.95. The Kier molecular flexibility index (Phi) is 3.39. The van der Waals surface area contributed by atoms with Crippen LogP contribution in [0.4, 0.5) is 0 Å². The third-order valence-corrected chi connectivity index (χ3v) is 2.61. The molecule has 0 N–H and O–H groups in total. The quantitative estimate of drug-likeness (QED) is 0.629. The lowest BCUT2D eigenvalue weighted by atomic mass is 10.0. The Morgan fingerprint density at radius 2 is 1.53 bits per heavy atom. The Morgan fingerprint density at radius 1 is 0.867 bits per heavy atom. The minimum absolute atomic E-state index is 1.11. The van der Waals surface area contributed by atoms with Gasteiger partial charge in [-0.1, -0.05) is 68.7 Å². The van der Waals surface area contributed by atoms with Gasteiger partial charge in [-0.3, -0.25) is 0 Å². The normalized spacial score (nSPS) is 13.1. The maximum Gasteiger partial charge on any atom is -0.0152 e. The molecule has 0 spiro atoms. The van der Waals surface area contributed by atoms with Crippen LogP contribution in [0.3, 0.4) is 0 Å². The fraction of sp³-hybridized carbons (Fsp3) is 0.333.